The molecule has 0 aliphatic heterocycles. The number of aromatic amines is 2. The minimum Gasteiger partial charge on any atom is -0.493 e. The summed E-state index contributed by atoms with van der Waals surface area (Å²) in [7, 11) is 1.42. The van der Waals surface area contributed by atoms with Gasteiger partial charge in [0.2, 0.25) is 0 Å². The number of ketones is 1. The van der Waals surface area contributed by atoms with E-state index in [0.29, 0.717) is 21.9 Å². The van der Waals surface area contributed by atoms with E-state index < -0.39 is 11.6 Å². The van der Waals surface area contributed by atoms with Crippen LogP contribution in [-0.4, -0.2) is 32.8 Å². The molecule has 9 heteroatoms. The molecular weight excluding hydrogens is 435 g/mol. The Morgan fingerprint density at radius 1 is 1.16 bits per heavy atom. The van der Waals surface area contributed by atoms with Gasteiger partial charge in [0.05, 0.1) is 28.7 Å². The molecule has 3 heterocycles. The SMILES string of the molecule is COc1cc(C(=O)c2c[nH]c3ncc(Cl)cc23)c(F)cc1OCc1nc2ccccc2[nH]1. The molecule has 5 rings (SSSR count). The van der Waals surface area contributed by atoms with E-state index in [1.54, 1.807) is 6.07 Å². The second-order valence-electron chi connectivity index (χ2n) is 7.05. The number of methoxy groups -OCH3 is 1. The summed E-state index contributed by atoms with van der Waals surface area (Å²) in [6.07, 6.45) is 2.95. The quantitative estimate of drug-likeness (QED) is 0.353. The number of H-pyrrole nitrogens is 2. The monoisotopic (exact) mass is 450 g/mol. The maximum Gasteiger partial charge on any atom is 0.198 e. The highest BCUT2D eigenvalue weighted by Gasteiger charge is 2.22. The highest BCUT2D eigenvalue weighted by molar-refractivity contribution is 6.31. The lowest BCUT2D eigenvalue weighted by atomic mass is 10.0. The summed E-state index contributed by atoms with van der Waals surface area (Å²) in [6, 6.07) is 11.6. The van der Waals surface area contributed by atoms with Crippen molar-refractivity contribution >= 4 is 39.5 Å². The van der Waals surface area contributed by atoms with Crippen LogP contribution < -0.4 is 9.47 Å². The van der Waals surface area contributed by atoms with E-state index in [9.17, 15) is 9.18 Å². The third-order valence-electron chi connectivity index (χ3n) is 5.04. The van der Waals surface area contributed by atoms with Crippen molar-refractivity contribution in [1.82, 2.24) is 19.9 Å². The fourth-order valence-corrected chi connectivity index (χ4v) is 3.67. The van der Waals surface area contributed by atoms with Crippen LogP contribution >= 0.6 is 11.6 Å². The lowest BCUT2D eigenvalue weighted by Crippen LogP contribution is -2.06. The maximum absolute atomic E-state index is 14.9. The minimum absolute atomic E-state index is 0.0738. The number of halogens is 2. The standard InChI is InChI=1S/C23H16ClFN4O3/c1-31-19-7-14(22(30)15-10-27-23-13(15)6-12(24)9-26-23)16(25)8-20(19)32-11-21-28-17-4-2-3-5-18(17)29-21/h2-10H,11H2,1H3,(H,26,27)(H,28,29). The number of carbonyl (C=O) groups is 1. The molecule has 0 fully saturated rings. The summed E-state index contributed by atoms with van der Waals surface area (Å²) < 4.78 is 26.0. The van der Waals surface area contributed by atoms with Crippen LogP contribution in [0.15, 0.2) is 54.9 Å². The fraction of sp³-hybridized carbons (Fsp3) is 0.0870. The largest absolute Gasteiger partial charge is 0.493 e. The molecule has 0 bridgehead atoms. The molecule has 0 radical (unpaired) electrons. The summed E-state index contributed by atoms with van der Waals surface area (Å²) in [5.41, 5.74) is 2.26. The Kier molecular flexibility index (Phi) is 4.99. The average Bonchev–Trinajstić information content (AvgIpc) is 3.40. The van der Waals surface area contributed by atoms with Gasteiger partial charge in [-0.1, -0.05) is 23.7 Å². The summed E-state index contributed by atoms with van der Waals surface area (Å²) in [4.78, 5) is 27.7. The first-order valence-electron chi connectivity index (χ1n) is 9.65. The summed E-state index contributed by atoms with van der Waals surface area (Å²) in [5.74, 6) is -0.302. The van der Waals surface area contributed by atoms with Crippen molar-refractivity contribution in [2.45, 2.75) is 6.61 Å². The highest BCUT2D eigenvalue weighted by Crippen LogP contribution is 2.33. The molecule has 3 aromatic heterocycles. The molecule has 32 heavy (non-hydrogen) atoms. The molecule has 0 unspecified atom stereocenters. The zero-order chi connectivity index (χ0) is 22.2. The predicted molar refractivity (Wildman–Crippen MR) is 118 cm³/mol. The van der Waals surface area contributed by atoms with Crippen molar-refractivity contribution in [3.8, 4) is 11.5 Å². The molecular formula is C23H16ClFN4O3. The van der Waals surface area contributed by atoms with E-state index in [2.05, 4.69) is 19.9 Å². The van der Waals surface area contributed by atoms with Crippen LogP contribution in [-0.2, 0) is 6.61 Å². The van der Waals surface area contributed by atoms with Crippen molar-refractivity contribution in [1.29, 1.82) is 0 Å². The van der Waals surface area contributed by atoms with Crippen molar-refractivity contribution in [3.63, 3.8) is 0 Å². The molecule has 0 aliphatic carbocycles. The third-order valence-corrected chi connectivity index (χ3v) is 5.25. The highest BCUT2D eigenvalue weighted by atomic mass is 35.5. The average molecular weight is 451 g/mol. The van der Waals surface area contributed by atoms with E-state index in [1.807, 2.05) is 24.3 Å². The van der Waals surface area contributed by atoms with Gasteiger partial charge in [-0.25, -0.2) is 14.4 Å². The smallest absolute Gasteiger partial charge is 0.198 e. The van der Waals surface area contributed by atoms with E-state index in [0.717, 1.165) is 17.1 Å². The minimum atomic E-state index is -0.736. The Balaban J connectivity index is 1.44. The molecule has 0 atom stereocenters. The van der Waals surface area contributed by atoms with Crippen molar-refractivity contribution in [2.24, 2.45) is 0 Å². The molecule has 0 spiro atoms. The molecule has 0 amide bonds. The van der Waals surface area contributed by atoms with Gasteiger partial charge in [0.15, 0.2) is 17.3 Å². The molecule has 7 nitrogen and oxygen atoms in total. The number of hydrogen-bond acceptors (Lipinski definition) is 5. The Labute approximate surface area is 186 Å². The lowest BCUT2D eigenvalue weighted by Gasteiger charge is -2.12. The Hall–Kier alpha value is -3.91. The Morgan fingerprint density at radius 2 is 2.00 bits per heavy atom. The number of aromatic nitrogens is 4. The number of ether oxygens (including phenoxy) is 2. The maximum atomic E-state index is 14.9. The van der Waals surface area contributed by atoms with Gasteiger partial charge in [0.1, 0.15) is 23.9 Å². The van der Waals surface area contributed by atoms with Crippen molar-refractivity contribution in [3.05, 3.63) is 82.6 Å². The number of nitrogens with zero attached hydrogens (tertiary/aromatic N) is 2. The number of hydrogen-bond donors (Lipinski definition) is 2. The van der Waals surface area contributed by atoms with Crippen LogP contribution in [0.3, 0.4) is 0 Å². The zero-order valence-electron chi connectivity index (χ0n) is 16.8. The first kappa shape index (κ1) is 20.0. The van der Waals surface area contributed by atoms with Gasteiger partial charge >= 0.3 is 0 Å². The lowest BCUT2D eigenvalue weighted by molar-refractivity contribution is 0.103. The molecule has 0 aliphatic rings. The number of imidazole rings is 1. The summed E-state index contributed by atoms with van der Waals surface area (Å²) in [6.45, 7) is 0.0738. The van der Waals surface area contributed by atoms with Gasteiger partial charge in [-0.2, -0.15) is 0 Å². The van der Waals surface area contributed by atoms with Crippen LogP contribution in [0.2, 0.25) is 5.02 Å². The van der Waals surface area contributed by atoms with Crippen LogP contribution in [0.1, 0.15) is 21.7 Å². The number of pyridine rings is 1. The van der Waals surface area contributed by atoms with Crippen LogP contribution in [0.4, 0.5) is 4.39 Å². The predicted octanol–water partition coefficient (Wildman–Crippen LogP) is 5.05. The second kappa shape index (κ2) is 7.97. The first-order chi connectivity index (χ1) is 15.5. The van der Waals surface area contributed by atoms with Gasteiger partial charge < -0.3 is 19.4 Å². The third kappa shape index (κ3) is 3.54. The molecule has 0 saturated carbocycles. The number of benzene rings is 2. The van der Waals surface area contributed by atoms with Gasteiger partial charge in [0, 0.05) is 29.4 Å². The van der Waals surface area contributed by atoms with E-state index in [-0.39, 0.29) is 29.2 Å². The Morgan fingerprint density at radius 3 is 2.81 bits per heavy atom. The normalized spacial score (nSPS) is 11.2. The van der Waals surface area contributed by atoms with Gasteiger partial charge in [-0.15, -0.1) is 0 Å². The van der Waals surface area contributed by atoms with Crippen molar-refractivity contribution < 1.29 is 18.7 Å². The summed E-state index contributed by atoms with van der Waals surface area (Å²) >= 11 is 6.00. The molecule has 2 aromatic carbocycles. The number of carbonyl (C=O) groups excluding carboxylic acids is 1. The molecule has 5 aromatic rings. The molecule has 0 saturated heterocycles. The van der Waals surface area contributed by atoms with Gasteiger partial charge in [-0.05, 0) is 24.3 Å². The summed E-state index contributed by atoms with van der Waals surface area (Å²) in [5, 5.41) is 0.879. The first-order valence-corrected chi connectivity index (χ1v) is 10.0. The van der Waals surface area contributed by atoms with E-state index in [1.165, 1.54) is 25.6 Å². The van der Waals surface area contributed by atoms with Crippen LogP contribution in [0, 0.1) is 5.82 Å². The molecule has 160 valence electrons. The number of nitrogens with one attached hydrogen (secondary N) is 2. The topological polar surface area (TPSA) is 92.9 Å². The van der Waals surface area contributed by atoms with Crippen molar-refractivity contribution in [2.75, 3.05) is 7.11 Å². The van der Waals surface area contributed by atoms with Crippen LogP contribution in [0.25, 0.3) is 22.1 Å². The van der Waals surface area contributed by atoms with E-state index in [4.69, 9.17) is 21.1 Å². The fourth-order valence-electron chi connectivity index (χ4n) is 3.51. The number of fused-ring (bicyclic) bond motifs is 2. The number of rotatable bonds is 6. The number of para-hydroxylation sites is 2. The van der Waals surface area contributed by atoms with Gasteiger partial charge in [-0.3, -0.25) is 4.79 Å². The zero-order valence-corrected chi connectivity index (χ0v) is 17.5. The van der Waals surface area contributed by atoms with Gasteiger partial charge in [0.25, 0.3) is 0 Å². The Bertz CT molecular complexity index is 1440. The van der Waals surface area contributed by atoms with E-state index >= 15 is 0 Å². The molecule has 2 N–H and O–H groups in total. The van der Waals surface area contributed by atoms with Crippen LogP contribution in [0.5, 0.6) is 11.5 Å². The second-order valence-corrected chi connectivity index (χ2v) is 7.49.